The molecule has 0 spiro atoms. The van der Waals surface area contributed by atoms with E-state index in [0.29, 0.717) is 16.5 Å². The zero-order chi connectivity index (χ0) is 20.2. The van der Waals surface area contributed by atoms with E-state index >= 15 is 0 Å². The van der Waals surface area contributed by atoms with Crippen LogP contribution in [-0.4, -0.2) is 26.7 Å². The van der Waals surface area contributed by atoms with Crippen molar-refractivity contribution >= 4 is 22.7 Å². The van der Waals surface area contributed by atoms with Gasteiger partial charge < -0.3 is 4.74 Å². The molecule has 4 rings (SSSR count). The Bertz CT molecular complexity index is 1140. The van der Waals surface area contributed by atoms with Crippen molar-refractivity contribution in [2.75, 3.05) is 0 Å². The van der Waals surface area contributed by atoms with Crippen LogP contribution in [0.5, 0.6) is 0 Å². The van der Waals surface area contributed by atoms with Crippen LogP contribution >= 0.6 is 0 Å². The average molecular weight is 391 g/mol. The highest BCUT2D eigenvalue weighted by Crippen LogP contribution is 2.23. The lowest BCUT2D eigenvalue weighted by atomic mass is 9.89. The van der Waals surface area contributed by atoms with Crippen LogP contribution in [0.4, 0.5) is 0 Å². The van der Waals surface area contributed by atoms with Crippen molar-refractivity contribution in [2.45, 2.75) is 45.3 Å². The van der Waals surface area contributed by atoms with Gasteiger partial charge in [0, 0.05) is 12.0 Å². The quantitative estimate of drug-likeness (QED) is 0.474. The molecule has 1 aliphatic carbocycles. The van der Waals surface area contributed by atoms with E-state index in [4.69, 9.17) is 4.74 Å². The van der Waals surface area contributed by atoms with Gasteiger partial charge in [0.25, 0.3) is 5.56 Å². The largest absolute Gasteiger partial charge is 0.442 e. The predicted octanol–water partition coefficient (Wildman–Crippen LogP) is 2.83. The van der Waals surface area contributed by atoms with Gasteiger partial charge in [-0.25, -0.2) is 0 Å². The molecule has 1 aliphatic rings. The molecule has 0 radical (unpaired) electrons. The maximum atomic E-state index is 12.4. The van der Waals surface area contributed by atoms with Gasteiger partial charge >= 0.3 is 5.97 Å². The fraction of sp³-hybridized carbons (Fsp3) is 0.318. The number of Topliss-reactive ketones (excluding diaryl/α,β-unsaturated/α-hetero) is 1. The Kier molecular flexibility index (Phi) is 5.46. The van der Waals surface area contributed by atoms with E-state index < -0.39 is 5.97 Å². The molecule has 1 heterocycles. The van der Waals surface area contributed by atoms with Crippen molar-refractivity contribution in [1.29, 1.82) is 0 Å². The lowest BCUT2D eigenvalue weighted by Crippen LogP contribution is -2.26. The van der Waals surface area contributed by atoms with Crippen molar-refractivity contribution in [3.8, 4) is 0 Å². The molecule has 0 atom stereocenters. The lowest BCUT2D eigenvalue weighted by Gasteiger charge is -2.16. The van der Waals surface area contributed by atoms with Crippen LogP contribution in [0.15, 0.2) is 47.3 Å². The summed E-state index contributed by atoms with van der Waals surface area (Å²) >= 11 is 0. The number of benzene rings is 2. The first-order valence-electron chi connectivity index (χ1n) is 9.75. The Hall–Kier alpha value is -3.35. The van der Waals surface area contributed by atoms with Crippen LogP contribution in [0, 0.1) is 0 Å². The van der Waals surface area contributed by atoms with Crippen LogP contribution in [0.2, 0.25) is 0 Å². The number of hydrogen-bond donors (Lipinski definition) is 0. The summed E-state index contributed by atoms with van der Waals surface area (Å²) < 4.78 is 6.10. The molecule has 148 valence electrons. The molecular weight excluding hydrogens is 370 g/mol. The SMILES string of the molecule is O=C(CCC(=O)c1ccc2c(c1)CCCC2)OCn1nnc2ccccc2c1=O. The monoisotopic (exact) mass is 391 g/mol. The van der Waals surface area contributed by atoms with E-state index in [1.165, 1.54) is 17.5 Å². The van der Waals surface area contributed by atoms with Crippen molar-refractivity contribution in [3.63, 3.8) is 0 Å². The standard InChI is InChI=1S/C22H21N3O4/c26-20(17-10-9-15-5-1-2-6-16(15)13-17)11-12-21(27)29-14-25-22(28)18-7-3-4-8-19(18)23-24-25/h3-4,7-10,13H,1-2,5-6,11-12,14H2. The van der Waals surface area contributed by atoms with Gasteiger partial charge in [-0.1, -0.05) is 29.5 Å². The van der Waals surface area contributed by atoms with Crippen molar-refractivity contribution in [2.24, 2.45) is 0 Å². The highest BCUT2D eigenvalue weighted by atomic mass is 16.5. The summed E-state index contributed by atoms with van der Waals surface area (Å²) in [6, 6.07) is 12.6. The van der Waals surface area contributed by atoms with Gasteiger partial charge in [0.05, 0.1) is 11.8 Å². The number of ketones is 1. The molecular formula is C22H21N3O4. The van der Waals surface area contributed by atoms with E-state index in [-0.39, 0.29) is 30.9 Å². The van der Waals surface area contributed by atoms with Crippen LogP contribution in [0.3, 0.4) is 0 Å². The van der Waals surface area contributed by atoms with Crippen molar-refractivity contribution in [1.82, 2.24) is 15.0 Å². The summed E-state index contributed by atoms with van der Waals surface area (Å²) in [7, 11) is 0. The van der Waals surface area contributed by atoms with Crippen LogP contribution in [0.1, 0.15) is 47.2 Å². The molecule has 0 saturated carbocycles. The number of carbonyl (C=O) groups is 2. The number of aromatic nitrogens is 3. The summed E-state index contributed by atoms with van der Waals surface area (Å²) in [5.74, 6) is -0.642. The molecule has 0 bridgehead atoms. The molecule has 29 heavy (non-hydrogen) atoms. The van der Waals surface area contributed by atoms with Gasteiger partial charge in [-0.2, -0.15) is 4.68 Å². The van der Waals surface area contributed by atoms with Gasteiger partial charge in [0.15, 0.2) is 12.5 Å². The van der Waals surface area contributed by atoms with Crippen molar-refractivity contribution in [3.05, 3.63) is 69.5 Å². The highest BCUT2D eigenvalue weighted by Gasteiger charge is 2.15. The second kappa shape index (κ2) is 8.34. The van der Waals surface area contributed by atoms with E-state index in [2.05, 4.69) is 10.3 Å². The number of hydrogen-bond acceptors (Lipinski definition) is 6. The van der Waals surface area contributed by atoms with E-state index in [9.17, 15) is 14.4 Å². The first kappa shape index (κ1) is 19.0. The molecule has 3 aromatic rings. The molecule has 2 aromatic carbocycles. The number of aryl methyl sites for hydroxylation is 2. The first-order chi connectivity index (χ1) is 14.1. The summed E-state index contributed by atoms with van der Waals surface area (Å²) in [5, 5.41) is 8.11. The minimum absolute atomic E-state index is 0.0499. The Morgan fingerprint density at radius 1 is 1.00 bits per heavy atom. The summed E-state index contributed by atoms with van der Waals surface area (Å²) in [6.45, 7) is -0.331. The smallest absolute Gasteiger partial charge is 0.308 e. The fourth-order valence-corrected chi connectivity index (χ4v) is 3.58. The number of ether oxygens (including phenoxy) is 1. The second-order valence-corrected chi connectivity index (χ2v) is 7.17. The van der Waals surface area contributed by atoms with Gasteiger partial charge in [-0.05, 0) is 55.0 Å². The summed E-state index contributed by atoms with van der Waals surface area (Å²) in [5.41, 5.74) is 3.28. The van der Waals surface area contributed by atoms with E-state index in [1.54, 1.807) is 24.3 Å². The number of carbonyl (C=O) groups excluding carboxylic acids is 2. The minimum Gasteiger partial charge on any atom is -0.442 e. The third kappa shape index (κ3) is 4.23. The zero-order valence-corrected chi connectivity index (χ0v) is 16.0. The topological polar surface area (TPSA) is 91.2 Å². The van der Waals surface area contributed by atoms with Crippen LogP contribution in [-0.2, 0) is 29.1 Å². The average Bonchev–Trinajstić information content (AvgIpc) is 2.77. The van der Waals surface area contributed by atoms with Gasteiger partial charge in [0.1, 0.15) is 5.52 Å². The van der Waals surface area contributed by atoms with Crippen LogP contribution < -0.4 is 5.56 Å². The third-order valence-corrected chi connectivity index (χ3v) is 5.20. The van der Waals surface area contributed by atoms with Gasteiger partial charge in [0.2, 0.25) is 0 Å². The minimum atomic E-state index is -0.557. The van der Waals surface area contributed by atoms with Gasteiger partial charge in [-0.3, -0.25) is 14.4 Å². The Morgan fingerprint density at radius 3 is 2.66 bits per heavy atom. The molecule has 0 aliphatic heterocycles. The molecule has 7 heteroatoms. The summed E-state index contributed by atoms with van der Waals surface area (Å²) in [4.78, 5) is 36.8. The second-order valence-electron chi connectivity index (χ2n) is 7.17. The molecule has 7 nitrogen and oxygen atoms in total. The third-order valence-electron chi connectivity index (χ3n) is 5.20. The number of rotatable bonds is 6. The van der Waals surface area contributed by atoms with E-state index in [0.717, 1.165) is 23.9 Å². The van der Waals surface area contributed by atoms with Gasteiger partial charge in [-0.15, -0.1) is 5.10 Å². The highest BCUT2D eigenvalue weighted by molar-refractivity contribution is 5.97. The maximum absolute atomic E-state index is 12.4. The Balaban J connectivity index is 1.33. The zero-order valence-electron chi connectivity index (χ0n) is 16.0. The Labute approximate surface area is 167 Å². The van der Waals surface area contributed by atoms with Crippen molar-refractivity contribution < 1.29 is 14.3 Å². The fourth-order valence-electron chi connectivity index (χ4n) is 3.58. The molecule has 1 aromatic heterocycles. The van der Waals surface area contributed by atoms with E-state index in [1.807, 2.05) is 18.2 Å². The Morgan fingerprint density at radius 2 is 1.79 bits per heavy atom. The number of esters is 1. The number of nitrogens with zero attached hydrogens (tertiary/aromatic N) is 3. The molecule has 0 amide bonds. The molecule has 0 fully saturated rings. The molecule has 0 N–H and O–H groups in total. The maximum Gasteiger partial charge on any atom is 0.308 e. The molecule has 0 saturated heterocycles. The lowest BCUT2D eigenvalue weighted by molar-refractivity contribution is -0.148. The number of fused-ring (bicyclic) bond motifs is 2. The normalized spacial score (nSPS) is 13.1. The predicted molar refractivity (Wildman–Crippen MR) is 107 cm³/mol. The first-order valence-corrected chi connectivity index (χ1v) is 9.75. The summed E-state index contributed by atoms with van der Waals surface area (Å²) in [6.07, 6.45) is 4.42. The molecule has 0 unspecified atom stereocenters. The van der Waals surface area contributed by atoms with Crippen LogP contribution in [0.25, 0.3) is 10.9 Å².